The van der Waals surface area contributed by atoms with Gasteiger partial charge >= 0.3 is 0 Å². The lowest BCUT2D eigenvalue weighted by Crippen LogP contribution is -2.08. The summed E-state index contributed by atoms with van der Waals surface area (Å²) >= 11 is 0. The van der Waals surface area contributed by atoms with Crippen molar-refractivity contribution in [1.82, 2.24) is 4.57 Å². The molecule has 0 spiro atoms. The van der Waals surface area contributed by atoms with Crippen LogP contribution in [0.15, 0.2) is 18.2 Å². The van der Waals surface area contributed by atoms with Crippen molar-refractivity contribution in [2.75, 3.05) is 0 Å². The number of nitrogens with zero attached hydrogens (tertiary/aromatic N) is 2. The van der Waals surface area contributed by atoms with Crippen molar-refractivity contribution in [1.29, 1.82) is 5.26 Å². The van der Waals surface area contributed by atoms with Crippen LogP contribution in [0.2, 0.25) is 0 Å². The molecule has 16 heavy (non-hydrogen) atoms. The highest BCUT2D eigenvalue weighted by atomic mass is 15.0. The summed E-state index contributed by atoms with van der Waals surface area (Å²) in [6.07, 6.45) is 2.89. The van der Waals surface area contributed by atoms with Crippen LogP contribution in [0.5, 0.6) is 0 Å². The van der Waals surface area contributed by atoms with Gasteiger partial charge in [-0.2, -0.15) is 5.26 Å². The molecule has 2 heteroatoms. The second-order valence-electron chi connectivity index (χ2n) is 4.57. The van der Waals surface area contributed by atoms with Gasteiger partial charge in [-0.05, 0) is 43.0 Å². The lowest BCUT2D eigenvalue weighted by molar-refractivity contribution is 0.623. The van der Waals surface area contributed by atoms with Gasteiger partial charge in [0.15, 0.2) is 0 Å². The molecule has 0 amide bonds. The number of aromatic nitrogens is 1. The minimum atomic E-state index is 0.521. The monoisotopic (exact) mass is 210 g/mol. The molecule has 0 saturated carbocycles. The highest BCUT2D eigenvalue weighted by molar-refractivity contribution is 5.86. The van der Waals surface area contributed by atoms with Gasteiger partial charge in [0.2, 0.25) is 0 Å². The van der Waals surface area contributed by atoms with Crippen LogP contribution < -0.4 is 0 Å². The van der Waals surface area contributed by atoms with E-state index in [4.69, 9.17) is 5.26 Å². The molecule has 1 aliphatic rings. The topological polar surface area (TPSA) is 28.7 Å². The first-order chi connectivity index (χ1) is 7.79. The van der Waals surface area contributed by atoms with E-state index in [0.717, 1.165) is 18.5 Å². The van der Waals surface area contributed by atoms with E-state index in [1.807, 2.05) is 0 Å². The third kappa shape index (κ3) is 1.25. The van der Waals surface area contributed by atoms with Crippen LogP contribution in [-0.2, 0) is 19.4 Å². The van der Waals surface area contributed by atoms with Crippen LogP contribution in [0, 0.1) is 18.3 Å². The predicted molar refractivity (Wildman–Crippen MR) is 64.3 cm³/mol. The van der Waals surface area contributed by atoms with Gasteiger partial charge in [0, 0.05) is 17.6 Å². The van der Waals surface area contributed by atoms with Gasteiger partial charge in [-0.3, -0.25) is 0 Å². The molecule has 2 nitrogen and oxygen atoms in total. The summed E-state index contributed by atoms with van der Waals surface area (Å²) in [4.78, 5) is 0. The second kappa shape index (κ2) is 3.38. The molecule has 0 bridgehead atoms. The Bertz CT molecular complexity index is 599. The van der Waals surface area contributed by atoms with Gasteiger partial charge in [0.1, 0.15) is 0 Å². The Hall–Kier alpha value is -1.75. The molecule has 1 aliphatic heterocycles. The fourth-order valence-electron chi connectivity index (χ4n) is 2.81. The molecule has 0 unspecified atom stereocenters. The molecule has 1 aromatic heterocycles. The van der Waals surface area contributed by atoms with E-state index in [-0.39, 0.29) is 0 Å². The van der Waals surface area contributed by atoms with E-state index in [0.29, 0.717) is 6.42 Å². The van der Waals surface area contributed by atoms with Crippen LogP contribution in [0.25, 0.3) is 10.9 Å². The molecule has 2 aromatic rings. The van der Waals surface area contributed by atoms with Crippen molar-refractivity contribution in [3.8, 4) is 6.07 Å². The average molecular weight is 210 g/mol. The summed E-state index contributed by atoms with van der Waals surface area (Å²) in [5.41, 5.74) is 5.31. The molecule has 0 atom stereocenters. The molecule has 0 N–H and O–H groups in total. The Labute approximate surface area is 95.1 Å². The number of hydrogen-bond donors (Lipinski definition) is 0. The smallest absolute Gasteiger partial charge is 0.0669 e. The summed E-state index contributed by atoms with van der Waals surface area (Å²) in [5, 5.41) is 10.1. The van der Waals surface area contributed by atoms with Gasteiger partial charge in [-0.15, -0.1) is 0 Å². The summed E-state index contributed by atoms with van der Waals surface area (Å²) in [6.45, 7) is 3.30. The maximum atomic E-state index is 8.77. The summed E-state index contributed by atoms with van der Waals surface area (Å²) in [5.74, 6) is 0. The normalized spacial score (nSPS) is 14.0. The van der Waals surface area contributed by atoms with E-state index in [1.165, 1.54) is 28.6 Å². The largest absolute Gasteiger partial charge is 0.345 e. The van der Waals surface area contributed by atoms with Crippen molar-refractivity contribution < 1.29 is 0 Å². The van der Waals surface area contributed by atoms with Crippen LogP contribution in [0.3, 0.4) is 0 Å². The molecule has 0 fully saturated rings. The van der Waals surface area contributed by atoms with E-state index >= 15 is 0 Å². The minimum absolute atomic E-state index is 0.521. The first-order valence-corrected chi connectivity index (χ1v) is 5.78. The summed E-state index contributed by atoms with van der Waals surface area (Å²) in [6, 6.07) is 8.85. The molecule has 1 aromatic carbocycles. The zero-order valence-corrected chi connectivity index (χ0v) is 9.45. The van der Waals surface area contributed by atoms with Crippen molar-refractivity contribution in [2.24, 2.45) is 0 Å². The zero-order chi connectivity index (χ0) is 11.1. The van der Waals surface area contributed by atoms with Crippen LogP contribution in [-0.4, -0.2) is 4.57 Å². The van der Waals surface area contributed by atoms with Crippen LogP contribution >= 0.6 is 0 Å². The maximum absolute atomic E-state index is 8.77. The standard InChI is InChI=1S/C14H14N2/c1-10-7-13-9-11(4-5-15)8-12-3-2-6-16(10)14(12)13/h7-9H,2-4,6H2,1H3. The predicted octanol–water partition coefficient (Wildman–Crippen LogP) is 2.96. The second-order valence-corrected chi connectivity index (χ2v) is 4.57. The third-order valence-corrected chi connectivity index (χ3v) is 3.45. The van der Waals surface area contributed by atoms with Crippen LogP contribution in [0.1, 0.15) is 23.2 Å². The molecule has 0 aliphatic carbocycles. The number of nitriles is 1. The summed E-state index contributed by atoms with van der Waals surface area (Å²) < 4.78 is 2.41. The average Bonchev–Trinajstić information content (AvgIpc) is 2.58. The quantitative estimate of drug-likeness (QED) is 0.711. The van der Waals surface area contributed by atoms with Crippen molar-refractivity contribution in [3.05, 3.63) is 35.0 Å². The number of benzene rings is 1. The lowest BCUT2D eigenvalue weighted by atomic mass is 9.99. The number of hydrogen-bond acceptors (Lipinski definition) is 1. The minimum Gasteiger partial charge on any atom is -0.345 e. The van der Waals surface area contributed by atoms with E-state index < -0.39 is 0 Å². The fourth-order valence-corrected chi connectivity index (χ4v) is 2.81. The van der Waals surface area contributed by atoms with Crippen molar-refractivity contribution >= 4 is 10.9 Å². The van der Waals surface area contributed by atoms with Gasteiger partial charge in [0.05, 0.1) is 18.0 Å². The molecule has 0 radical (unpaired) electrons. The SMILES string of the molecule is Cc1cc2cc(CC#N)cc3c2n1CCC3. The molecule has 2 heterocycles. The number of aryl methyl sites for hydroxylation is 3. The Balaban J connectivity index is 2.31. The third-order valence-electron chi connectivity index (χ3n) is 3.45. The summed E-state index contributed by atoms with van der Waals surface area (Å²) in [7, 11) is 0. The van der Waals surface area contributed by atoms with Gasteiger partial charge < -0.3 is 4.57 Å². The molecular formula is C14H14N2. The van der Waals surface area contributed by atoms with E-state index in [2.05, 4.69) is 35.8 Å². The van der Waals surface area contributed by atoms with Crippen LogP contribution in [0.4, 0.5) is 0 Å². The Kier molecular flexibility index (Phi) is 2.00. The zero-order valence-electron chi connectivity index (χ0n) is 9.45. The van der Waals surface area contributed by atoms with E-state index in [9.17, 15) is 0 Å². The first-order valence-electron chi connectivity index (χ1n) is 5.78. The van der Waals surface area contributed by atoms with Crippen molar-refractivity contribution in [3.63, 3.8) is 0 Å². The molecule has 3 rings (SSSR count). The molecule has 80 valence electrons. The Morgan fingerprint density at radius 3 is 3.06 bits per heavy atom. The Morgan fingerprint density at radius 1 is 1.38 bits per heavy atom. The molecular weight excluding hydrogens is 196 g/mol. The van der Waals surface area contributed by atoms with Crippen molar-refractivity contribution in [2.45, 2.75) is 32.7 Å². The van der Waals surface area contributed by atoms with E-state index in [1.54, 1.807) is 0 Å². The number of rotatable bonds is 1. The maximum Gasteiger partial charge on any atom is 0.0669 e. The van der Waals surface area contributed by atoms with Gasteiger partial charge in [-0.1, -0.05) is 6.07 Å². The molecule has 0 saturated heterocycles. The highest BCUT2D eigenvalue weighted by Crippen LogP contribution is 2.29. The lowest BCUT2D eigenvalue weighted by Gasteiger charge is -2.17. The fraction of sp³-hybridized carbons (Fsp3) is 0.357. The first kappa shape index (κ1) is 9.47. The van der Waals surface area contributed by atoms with Gasteiger partial charge in [-0.25, -0.2) is 0 Å². The Morgan fingerprint density at radius 2 is 2.25 bits per heavy atom. The van der Waals surface area contributed by atoms with Gasteiger partial charge in [0.25, 0.3) is 0 Å². The highest BCUT2D eigenvalue weighted by Gasteiger charge is 2.15.